The summed E-state index contributed by atoms with van der Waals surface area (Å²) in [6, 6.07) is 5.84. The van der Waals surface area contributed by atoms with Crippen molar-refractivity contribution in [2.45, 2.75) is 32.0 Å². The highest BCUT2D eigenvalue weighted by atomic mass is 19.4. The summed E-state index contributed by atoms with van der Waals surface area (Å²) in [6.07, 6.45) is -2.09. The van der Waals surface area contributed by atoms with Crippen molar-refractivity contribution >= 4 is 0 Å². The molecule has 1 saturated heterocycles. The lowest BCUT2D eigenvalue weighted by atomic mass is 9.93. The maximum Gasteiger partial charge on any atom is 0.416 e. The van der Waals surface area contributed by atoms with Crippen LogP contribution in [0.25, 0.3) is 0 Å². The average Bonchev–Trinajstić information content (AvgIpc) is 2.79. The first-order valence-electron chi connectivity index (χ1n) is 7.51. The number of hydrogen-bond donors (Lipinski definition) is 1. The van der Waals surface area contributed by atoms with Crippen LogP contribution in [-0.4, -0.2) is 31.6 Å². The van der Waals surface area contributed by atoms with Gasteiger partial charge in [-0.05, 0) is 63.1 Å². The Kier molecular flexibility index (Phi) is 5.27. The molecule has 0 radical (unpaired) electrons. The van der Waals surface area contributed by atoms with Gasteiger partial charge in [-0.1, -0.05) is 19.1 Å². The summed E-state index contributed by atoms with van der Waals surface area (Å²) in [5.74, 6) is 0.457. The van der Waals surface area contributed by atoms with Crippen molar-refractivity contribution in [3.05, 3.63) is 35.4 Å². The molecular formula is C16H23F3N2. The van der Waals surface area contributed by atoms with E-state index in [-0.39, 0.29) is 6.04 Å². The Morgan fingerprint density at radius 1 is 1.24 bits per heavy atom. The van der Waals surface area contributed by atoms with E-state index in [1.165, 1.54) is 12.1 Å². The normalized spacial score (nSPS) is 23.7. The zero-order chi connectivity index (χ0) is 15.5. The third-order valence-electron chi connectivity index (χ3n) is 4.19. The molecule has 1 aliphatic rings. The Hall–Kier alpha value is -1.07. The molecule has 1 aliphatic heterocycles. The van der Waals surface area contributed by atoms with Crippen LogP contribution in [0.2, 0.25) is 0 Å². The molecule has 1 aromatic carbocycles. The Morgan fingerprint density at radius 3 is 2.48 bits per heavy atom. The lowest BCUT2D eigenvalue weighted by molar-refractivity contribution is -0.137. The van der Waals surface area contributed by atoms with Crippen LogP contribution in [0.3, 0.4) is 0 Å². The van der Waals surface area contributed by atoms with Crippen molar-refractivity contribution in [2.24, 2.45) is 5.92 Å². The van der Waals surface area contributed by atoms with Crippen molar-refractivity contribution in [1.82, 2.24) is 10.2 Å². The van der Waals surface area contributed by atoms with Crippen LogP contribution in [0.1, 0.15) is 36.9 Å². The predicted octanol–water partition coefficient (Wildman–Crippen LogP) is 3.70. The first-order valence-corrected chi connectivity index (χ1v) is 7.51. The van der Waals surface area contributed by atoms with Gasteiger partial charge >= 0.3 is 6.18 Å². The van der Waals surface area contributed by atoms with Crippen LogP contribution in [0.15, 0.2) is 24.3 Å². The number of nitrogens with one attached hydrogen (secondary N) is 1. The van der Waals surface area contributed by atoms with Gasteiger partial charge in [-0.25, -0.2) is 0 Å². The minimum Gasteiger partial charge on any atom is -0.316 e. The van der Waals surface area contributed by atoms with Crippen molar-refractivity contribution in [3.8, 4) is 0 Å². The molecule has 2 rings (SSSR count). The molecule has 1 N–H and O–H groups in total. The first-order chi connectivity index (χ1) is 9.93. The molecule has 2 unspecified atom stereocenters. The fraction of sp³-hybridized carbons (Fsp3) is 0.625. The summed E-state index contributed by atoms with van der Waals surface area (Å²) in [5, 5.41) is 3.43. The molecule has 0 saturated carbocycles. The van der Waals surface area contributed by atoms with Gasteiger partial charge in [-0.2, -0.15) is 13.2 Å². The van der Waals surface area contributed by atoms with Gasteiger partial charge < -0.3 is 5.32 Å². The summed E-state index contributed by atoms with van der Waals surface area (Å²) >= 11 is 0. The third kappa shape index (κ3) is 3.98. The Bertz CT molecular complexity index is 442. The Labute approximate surface area is 124 Å². The number of halogens is 3. The summed E-state index contributed by atoms with van der Waals surface area (Å²) in [7, 11) is 2.04. The van der Waals surface area contributed by atoms with E-state index in [1.807, 2.05) is 7.05 Å². The number of likely N-dealkylation sites (tertiary alicyclic amines) is 1. The zero-order valence-corrected chi connectivity index (χ0v) is 12.6. The van der Waals surface area contributed by atoms with Crippen molar-refractivity contribution < 1.29 is 13.2 Å². The van der Waals surface area contributed by atoms with E-state index >= 15 is 0 Å². The molecule has 118 valence electrons. The Balaban J connectivity index is 2.10. The SMILES string of the molecule is CCCNCC1CCN(C)C1c1ccc(C(F)(F)F)cc1. The molecule has 1 fully saturated rings. The number of alkyl halides is 3. The van der Waals surface area contributed by atoms with E-state index < -0.39 is 11.7 Å². The highest BCUT2D eigenvalue weighted by molar-refractivity contribution is 5.28. The van der Waals surface area contributed by atoms with Gasteiger partial charge in [-0.3, -0.25) is 4.90 Å². The van der Waals surface area contributed by atoms with Crippen LogP contribution >= 0.6 is 0 Å². The summed E-state index contributed by atoms with van der Waals surface area (Å²) in [4.78, 5) is 2.24. The maximum absolute atomic E-state index is 12.6. The van der Waals surface area contributed by atoms with Crippen molar-refractivity contribution in [1.29, 1.82) is 0 Å². The van der Waals surface area contributed by atoms with Gasteiger partial charge in [0, 0.05) is 6.04 Å². The topological polar surface area (TPSA) is 15.3 Å². The lowest BCUT2D eigenvalue weighted by Crippen LogP contribution is -2.29. The molecular weight excluding hydrogens is 277 g/mol. The van der Waals surface area contributed by atoms with E-state index in [4.69, 9.17) is 0 Å². The monoisotopic (exact) mass is 300 g/mol. The van der Waals surface area contributed by atoms with E-state index in [0.717, 1.165) is 38.0 Å². The minimum atomic E-state index is -4.26. The molecule has 0 spiro atoms. The van der Waals surface area contributed by atoms with Gasteiger partial charge in [0.1, 0.15) is 0 Å². The number of rotatable bonds is 5. The van der Waals surface area contributed by atoms with Gasteiger partial charge in [0.2, 0.25) is 0 Å². The first kappa shape index (κ1) is 16.3. The van der Waals surface area contributed by atoms with Crippen molar-refractivity contribution in [3.63, 3.8) is 0 Å². The fourth-order valence-electron chi connectivity index (χ4n) is 3.10. The fourth-order valence-corrected chi connectivity index (χ4v) is 3.10. The molecule has 0 amide bonds. The molecule has 2 nitrogen and oxygen atoms in total. The predicted molar refractivity (Wildman–Crippen MR) is 78.1 cm³/mol. The van der Waals surface area contributed by atoms with Crippen LogP contribution < -0.4 is 5.32 Å². The minimum absolute atomic E-state index is 0.205. The average molecular weight is 300 g/mol. The van der Waals surface area contributed by atoms with Gasteiger partial charge in [0.15, 0.2) is 0 Å². The lowest BCUT2D eigenvalue weighted by Gasteiger charge is -2.26. The maximum atomic E-state index is 12.6. The molecule has 0 aromatic heterocycles. The van der Waals surface area contributed by atoms with Crippen LogP contribution in [0.4, 0.5) is 13.2 Å². The van der Waals surface area contributed by atoms with E-state index in [2.05, 4.69) is 17.1 Å². The molecule has 0 aliphatic carbocycles. The highest BCUT2D eigenvalue weighted by Gasteiger charge is 2.34. The standard InChI is InChI=1S/C16H23F3N2/c1-3-9-20-11-13-8-10-21(2)15(13)12-4-6-14(7-5-12)16(17,18)19/h4-7,13,15,20H,3,8-11H2,1-2H3. The molecule has 21 heavy (non-hydrogen) atoms. The second kappa shape index (κ2) is 6.79. The van der Waals surface area contributed by atoms with E-state index in [9.17, 15) is 13.2 Å². The second-order valence-corrected chi connectivity index (χ2v) is 5.80. The number of hydrogen-bond acceptors (Lipinski definition) is 2. The molecule has 1 aromatic rings. The van der Waals surface area contributed by atoms with Crippen LogP contribution in [0, 0.1) is 5.92 Å². The van der Waals surface area contributed by atoms with Gasteiger partial charge in [0.25, 0.3) is 0 Å². The quantitative estimate of drug-likeness (QED) is 0.834. The van der Waals surface area contributed by atoms with Crippen LogP contribution in [-0.2, 0) is 6.18 Å². The second-order valence-electron chi connectivity index (χ2n) is 5.80. The van der Waals surface area contributed by atoms with E-state index in [0.29, 0.717) is 5.92 Å². The number of nitrogens with zero attached hydrogens (tertiary/aromatic N) is 1. The van der Waals surface area contributed by atoms with Gasteiger partial charge in [0.05, 0.1) is 5.56 Å². The number of benzene rings is 1. The van der Waals surface area contributed by atoms with E-state index in [1.54, 1.807) is 12.1 Å². The summed E-state index contributed by atoms with van der Waals surface area (Å²) in [6.45, 7) is 5.02. The van der Waals surface area contributed by atoms with Crippen LogP contribution in [0.5, 0.6) is 0 Å². The summed E-state index contributed by atoms with van der Waals surface area (Å²) < 4.78 is 37.9. The molecule has 1 heterocycles. The zero-order valence-electron chi connectivity index (χ0n) is 12.6. The molecule has 2 atom stereocenters. The largest absolute Gasteiger partial charge is 0.416 e. The van der Waals surface area contributed by atoms with Gasteiger partial charge in [-0.15, -0.1) is 0 Å². The molecule has 5 heteroatoms. The summed E-state index contributed by atoms with van der Waals surface area (Å²) in [5.41, 5.74) is 0.402. The third-order valence-corrected chi connectivity index (χ3v) is 4.19. The highest BCUT2D eigenvalue weighted by Crippen LogP contribution is 2.37. The Morgan fingerprint density at radius 2 is 1.90 bits per heavy atom. The molecule has 0 bridgehead atoms. The smallest absolute Gasteiger partial charge is 0.316 e. The van der Waals surface area contributed by atoms with Crippen molar-refractivity contribution in [2.75, 3.05) is 26.7 Å².